The van der Waals surface area contributed by atoms with Crippen LogP contribution in [0, 0.1) is 13.8 Å². The normalized spacial score (nSPS) is 11.0. The fraction of sp³-hybridized carbons (Fsp3) is 0.182. The van der Waals surface area contributed by atoms with Crippen LogP contribution in [0.3, 0.4) is 0 Å². The van der Waals surface area contributed by atoms with Crippen LogP contribution >= 0.6 is 15.9 Å². The summed E-state index contributed by atoms with van der Waals surface area (Å²) >= 11 is 3.39. The number of amides is 1. The molecule has 1 aromatic heterocycles. The molecule has 144 valence electrons. The molecule has 0 aliphatic heterocycles. The quantitative estimate of drug-likeness (QED) is 0.452. The van der Waals surface area contributed by atoms with Crippen molar-refractivity contribution in [2.24, 2.45) is 5.10 Å². The highest BCUT2D eigenvalue weighted by molar-refractivity contribution is 9.10. The number of benzene rings is 2. The molecule has 0 atom stereocenters. The average molecular weight is 440 g/mol. The molecule has 0 saturated carbocycles. The van der Waals surface area contributed by atoms with E-state index in [0.717, 1.165) is 38.4 Å². The van der Waals surface area contributed by atoms with Gasteiger partial charge in [0.05, 0.1) is 19.7 Å². The van der Waals surface area contributed by atoms with Crippen molar-refractivity contribution in [1.82, 2.24) is 9.99 Å². The molecule has 2 aromatic carbocycles. The average Bonchev–Trinajstić information content (AvgIpc) is 2.97. The van der Waals surface area contributed by atoms with E-state index in [9.17, 15) is 4.79 Å². The summed E-state index contributed by atoms with van der Waals surface area (Å²) in [5.74, 6) is 0.670. The van der Waals surface area contributed by atoms with Crippen LogP contribution in [0.4, 0.5) is 0 Å². The van der Waals surface area contributed by atoms with Crippen LogP contribution in [0.1, 0.15) is 22.5 Å². The maximum atomic E-state index is 12.1. The van der Waals surface area contributed by atoms with Gasteiger partial charge in [0, 0.05) is 27.1 Å². The zero-order chi connectivity index (χ0) is 20.1. The predicted octanol–water partition coefficient (Wildman–Crippen LogP) is 4.56. The lowest BCUT2D eigenvalue weighted by Gasteiger charge is -2.10. The molecule has 0 aliphatic carbocycles. The van der Waals surface area contributed by atoms with Crippen LogP contribution in [0.5, 0.6) is 5.75 Å². The van der Waals surface area contributed by atoms with Crippen molar-refractivity contribution in [3.8, 4) is 11.4 Å². The van der Waals surface area contributed by atoms with Gasteiger partial charge in [-0.1, -0.05) is 28.1 Å². The number of hydrogen-bond acceptors (Lipinski definition) is 3. The van der Waals surface area contributed by atoms with E-state index in [1.165, 1.54) is 0 Å². The number of hydrazone groups is 1. The first-order chi connectivity index (χ1) is 13.5. The molecule has 1 heterocycles. The Morgan fingerprint density at radius 3 is 2.46 bits per heavy atom. The number of nitrogens with one attached hydrogen (secondary N) is 1. The van der Waals surface area contributed by atoms with Crippen LogP contribution in [-0.2, 0) is 11.2 Å². The van der Waals surface area contributed by atoms with E-state index in [2.05, 4.69) is 31.0 Å². The van der Waals surface area contributed by atoms with E-state index >= 15 is 0 Å². The second-order valence-corrected chi connectivity index (χ2v) is 7.37. The highest BCUT2D eigenvalue weighted by atomic mass is 79.9. The number of aromatic nitrogens is 1. The summed E-state index contributed by atoms with van der Waals surface area (Å²) in [5.41, 5.74) is 7.68. The minimum absolute atomic E-state index is 0.150. The first kappa shape index (κ1) is 19.9. The van der Waals surface area contributed by atoms with E-state index in [4.69, 9.17) is 4.74 Å². The van der Waals surface area contributed by atoms with Gasteiger partial charge in [0.1, 0.15) is 5.75 Å². The van der Waals surface area contributed by atoms with E-state index in [0.29, 0.717) is 0 Å². The van der Waals surface area contributed by atoms with E-state index in [-0.39, 0.29) is 12.3 Å². The Balaban J connectivity index is 1.68. The summed E-state index contributed by atoms with van der Waals surface area (Å²) in [6, 6.07) is 17.6. The number of methoxy groups -OCH3 is 1. The number of aryl methyl sites for hydroxylation is 1. The van der Waals surface area contributed by atoms with Gasteiger partial charge in [-0.3, -0.25) is 4.79 Å². The zero-order valence-electron chi connectivity index (χ0n) is 16.1. The van der Waals surface area contributed by atoms with Crippen LogP contribution in [0.15, 0.2) is 64.2 Å². The number of ether oxygens (including phenoxy) is 1. The summed E-state index contributed by atoms with van der Waals surface area (Å²) in [7, 11) is 1.65. The lowest BCUT2D eigenvalue weighted by atomic mass is 10.1. The zero-order valence-corrected chi connectivity index (χ0v) is 17.7. The van der Waals surface area contributed by atoms with Crippen molar-refractivity contribution in [2.75, 3.05) is 7.11 Å². The van der Waals surface area contributed by atoms with Gasteiger partial charge < -0.3 is 9.30 Å². The third kappa shape index (κ3) is 4.70. The second-order valence-electron chi connectivity index (χ2n) is 6.46. The molecule has 0 fully saturated rings. The Kier molecular flexibility index (Phi) is 6.31. The molecule has 5 nitrogen and oxygen atoms in total. The number of hydrogen-bond donors (Lipinski definition) is 1. The molecular weight excluding hydrogens is 418 g/mol. The van der Waals surface area contributed by atoms with Gasteiger partial charge in [-0.2, -0.15) is 5.10 Å². The third-order valence-corrected chi connectivity index (χ3v) is 5.00. The van der Waals surface area contributed by atoms with E-state index < -0.39 is 0 Å². The van der Waals surface area contributed by atoms with Crippen LogP contribution in [-0.4, -0.2) is 23.8 Å². The van der Waals surface area contributed by atoms with Crippen molar-refractivity contribution in [3.63, 3.8) is 0 Å². The lowest BCUT2D eigenvalue weighted by Crippen LogP contribution is -2.19. The molecule has 0 bridgehead atoms. The van der Waals surface area contributed by atoms with Crippen molar-refractivity contribution in [2.45, 2.75) is 20.3 Å². The predicted molar refractivity (Wildman–Crippen MR) is 115 cm³/mol. The molecule has 3 rings (SSSR count). The Hall–Kier alpha value is -2.86. The second kappa shape index (κ2) is 8.89. The van der Waals surface area contributed by atoms with Crippen molar-refractivity contribution < 1.29 is 9.53 Å². The van der Waals surface area contributed by atoms with Crippen molar-refractivity contribution in [3.05, 3.63) is 81.6 Å². The molecule has 1 N–H and O–H groups in total. The SMILES string of the molecule is COc1ccc(-n2c(C)cc(/C=N/NC(=O)Cc3ccc(Br)cc3)c2C)cc1. The van der Waals surface area contributed by atoms with E-state index in [1.54, 1.807) is 13.3 Å². The maximum absolute atomic E-state index is 12.1. The molecule has 1 amide bonds. The third-order valence-electron chi connectivity index (χ3n) is 4.47. The first-order valence-electron chi connectivity index (χ1n) is 8.87. The highest BCUT2D eigenvalue weighted by Crippen LogP contribution is 2.22. The smallest absolute Gasteiger partial charge is 0.244 e. The van der Waals surface area contributed by atoms with Gasteiger partial charge in [0.2, 0.25) is 5.91 Å². The van der Waals surface area contributed by atoms with Crippen LogP contribution in [0.2, 0.25) is 0 Å². The summed E-state index contributed by atoms with van der Waals surface area (Å²) < 4.78 is 8.35. The largest absolute Gasteiger partial charge is 0.497 e. The standard InChI is InChI=1S/C22H22BrN3O2/c1-15-12-18(16(2)26(15)20-8-10-21(28-3)11-9-20)14-24-25-22(27)13-17-4-6-19(23)7-5-17/h4-12,14H,13H2,1-3H3,(H,25,27)/b24-14+. The van der Waals surface area contributed by atoms with Crippen molar-refractivity contribution in [1.29, 1.82) is 0 Å². The molecule has 28 heavy (non-hydrogen) atoms. The Labute approximate surface area is 173 Å². The fourth-order valence-electron chi connectivity index (χ4n) is 3.05. The first-order valence-corrected chi connectivity index (χ1v) is 9.67. The van der Waals surface area contributed by atoms with Gasteiger partial charge in [0.25, 0.3) is 0 Å². The minimum Gasteiger partial charge on any atom is -0.497 e. The van der Waals surface area contributed by atoms with Crippen LogP contribution < -0.4 is 10.2 Å². The molecule has 0 radical (unpaired) electrons. The summed E-state index contributed by atoms with van der Waals surface area (Å²) in [6.45, 7) is 4.07. The summed E-state index contributed by atoms with van der Waals surface area (Å²) in [5, 5.41) is 4.12. The maximum Gasteiger partial charge on any atom is 0.244 e. The number of carbonyl (C=O) groups is 1. The Morgan fingerprint density at radius 1 is 1.14 bits per heavy atom. The number of nitrogens with zero attached hydrogens (tertiary/aromatic N) is 2. The topological polar surface area (TPSA) is 55.6 Å². The van der Waals surface area contributed by atoms with Gasteiger partial charge in [-0.05, 0) is 61.9 Å². The molecule has 3 aromatic rings. The minimum atomic E-state index is -0.150. The van der Waals surface area contributed by atoms with E-state index in [1.807, 2.05) is 68.4 Å². The molecule has 0 saturated heterocycles. The lowest BCUT2D eigenvalue weighted by molar-refractivity contribution is -0.120. The van der Waals surface area contributed by atoms with Gasteiger partial charge >= 0.3 is 0 Å². The molecule has 0 aliphatic rings. The number of carbonyl (C=O) groups excluding carboxylic acids is 1. The Morgan fingerprint density at radius 2 is 1.82 bits per heavy atom. The van der Waals surface area contributed by atoms with Gasteiger partial charge in [0.15, 0.2) is 0 Å². The molecule has 0 spiro atoms. The summed E-state index contributed by atoms with van der Waals surface area (Å²) in [4.78, 5) is 12.1. The highest BCUT2D eigenvalue weighted by Gasteiger charge is 2.10. The monoisotopic (exact) mass is 439 g/mol. The number of halogens is 1. The van der Waals surface area contributed by atoms with Gasteiger partial charge in [-0.15, -0.1) is 0 Å². The van der Waals surface area contributed by atoms with Gasteiger partial charge in [-0.25, -0.2) is 5.43 Å². The Bertz CT molecular complexity index is 990. The van der Waals surface area contributed by atoms with Crippen molar-refractivity contribution >= 4 is 28.1 Å². The fourth-order valence-corrected chi connectivity index (χ4v) is 3.31. The van der Waals surface area contributed by atoms with Crippen LogP contribution in [0.25, 0.3) is 5.69 Å². The summed E-state index contributed by atoms with van der Waals surface area (Å²) in [6.07, 6.45) is 1.97. The number of rotatable bonds is 6. The molecule has 0 unspecified atom stereocenters. The molecular formula is C22H22BrN3O2. The molecule has 6 heteroatoms.